The lowest BCUT2D eigenvalue weighted by atomic mass is 10.0. The molecule has 0 saturated heterocycles. The van der Waals surface area contributed by atoms with Crippen LogP contribution in [0.15, 0.2) is 0 Å². The molecule has 2 unspecified atom stereocenters. The van der Waals surface area contributed by atoms with Gasteiger partial charge in [-0.15, -0.1) is 0 Å². The fourth-order valence-corrected chi connectivity index (χ4v) is 1.60. The van der Waals surface area contributed by atoms with Crippen LogP contribution in [0.4, 0.5) is 26.3 Å². The second kappa shape index (κ2) is 5.97. The minimum absolute atomic E-state index is 0.0324. The lowest BCUT2D eigenvalue weighted by molar-refractivity contribution is -0.159. The molecular weight excluding hydrogens is 270 g/mol. The molecule has 0 aromatic carbocycles. The Kier molecular flexibility index (Phi) is 5.83. The summed E-state index contributed by atoms with van der Waals surface area (Å²) >= 11 is 0.499. The Morgan fingerprint density at radius 1 is 1.18 bits per heavy atom. The number of thioether (sulfide) groups is 1. The summed E-state index contributed by atoms with van der Waals surface area (Å²) in [6.45, 7) is 1.15. The lowest BCUT2D eigenvalue weighted by Crippen LogP contribution is -2.45. The van der Waals surface area contributed by atoms with Gasteiger partial charge >= 0.3 is 0 Å². The van der Waals surface area contributed by atoms with Crippen LogP contribution in [0.3, 0.4) is 0 Å². The van der Waals surface area contributed by atoms with Crippen molar-refractivity contribution in [2.75, 3.05) is 5.75 Å². The van der Waals surface area contributed by atoms with Crippen LogP contribution in [0.2, 0.25) is 0 Å². The standard InChI is InChI=1S/C9H12F6OS/c1-5(16)17-4-3-9(14,15)7(11)6(10)8(2,12)13/h6-7H,3-4H2,1-2H3. The van der Waals surface area contributed by atoms with Gasteiger partial charge in [-0.25, -0.2) is 26.3 Å². The Labute approximate surface area is 98.9 Å². The van der Waals surface area contributed by atoms with Crippen LogP contribution in [-0.4, -0.2) is 35.1 Å². The molecule has 0 aliphatic carbocycles. The number of carbonyl (C=O) groups excluding carboxylic acids is 1. The number of halogens is 6. The zero-order chi connectivity index (χ0) is 13.9. The maximum atomic E-state index is 13.0. The van der Waals surface area contributed by atoms with Gasteiger partial charge in [0, 0.05) is 26.0 Å². The Morgan fingerprint density at radius 2 is 1.65 bits per heavy atom. The molecule has 0 radical (unpaired) electrons. The van der Waals surface area contributed by atoms with E-state index in [1.54, 1.807) is 0 Å². The second-order valence-electron chi connectivity index (χ2n) is 3.61. The number of rotatable bonds is 6. The fourth-order valence-electron chi connectivity index (χ4n) is 0.940. The maximum absolute atomic E-state index is 13.0. The second-order valence-corrected chi connectivity index (χ2v) is 4.88. The number of hydrogen-bond acceptors (Lipinski definition) is 2. The summed E-state index contributed by atoms with van der Waals surface area (Å²) in [5.74, 6) is -8.84. The molecule has 2 atom stereocenters. The third-order valence-corrected chi connectivity index (χ3v) is 2.70. The van der Waals surface area contributed by atoms with Crippen LogP contribution in [0.25, 0.3) is 0 Å². The first-order valence-corrected chi connectivity index (χ1v) is 5.64. The molecule has 0 N–H and O–H groups in total. The Hall–Kier alpha value is -0.400. The van der Waals surface area contributed by atoms with Crippen LogP contribution in [0, 0.1) is 0 Å². The topological polar surface area (TPSA) is 17.1 Å². The first kappa shape index (κ1) is 16.6. The normalized spacial score (nSPS) is 16.7. The monoisotopic (exact) mass is 282 g/mol. The summed E-state index contributed by atoms with van der Waals surface area (Å²) in [6.07, 6.45) is -8.33. The van der Waals surface area contributed by atoms with E-state index in [4.69, 9.17) is 0 Å². The van der Waals surface area contributed by atoms with Gasteiger partial charge in [-0.3, -0.25) is 4.79 Å². The van der Waals surface area contributed by atoms with E-state index in [2.05, 4.69) is 0 Å². The van der Waals surface area contributed by atoms with E-state index in [9.17, 15) is 31.1 Å². The smallest absolute Gasteiger partial charge is 0.282 e. The quantitative estimate of drug-likeness (QED) is 0.692. The average Bonchev–Trinajstić information content (AvgIpc) is 2.13. The van der Waals surface area contributed by atoms with Crippen molar-refractivity contribution in [1.82, 2.24) is 0 Å². The first-order chi connectivity index (χ1) is 7.48. The van der Waals surface area contributed by atoms with Crippen molar-refractivity contribution >= 4 is 16.9 Å². The zero-order valence-corrected chi connectivity index (χ0v) is 9.97. The molecule has 1 nitrogen and oxygen atoms in total. The number of hydrogen-bond donors (Lipinski definition) is 0. The molecule has 0 amide bonds. The highest BCUT2D eigenvalue weighted by Crippen LogP contribution is 2.36. The van der Waals surface area contributed by atoms with E-state index in [-0.39, 0.29) is 6.92 Å². The van der Waals surface area contributed by atoms with Gasteiger partial charge < -0.3 is 0 Å². The van der Waals surface area contributed by atoms with Crippen molar-refractivity contribution in [2.45, 2.75) is 44.5 Å². The van der Waals surface area contributed by atoms with Gasteiger partial charge in [-0.05, 0) is 0 Å². The summed E-state index contributed by atoms with van der Waals surface area (Å²) in [5, 5.41) is -0.464. The highest BCUT2D eigenvalue weighted by molar-refractivity contribution is 8.13. The van der Waals surface area contributed by atoms with Crippen LogP contribution in [0.1, 0.15) is 20.3 Å². The molecule has 0 saturated carbocycles. The summed E-state index contributed by atoms with van der Waals surface area (Å²) < 4.78 is 76.2. The first-order valence-electron chi connectivity index (χ1n) is 4.65. The predicted octanol–water partition coefficient (Wildman–Crippen LogP) is 3.62. The summed E-state index contributed by atoms with van der Waals surface area (Å²) in [5.41, 5.74) is 0. The van der Waals surface area contributed by atoms with Crippen LogP contribution >= 0.6 is 11.8 Å². The van der Waals surface area contributed by atoms with E-state index >= 15 is 0 Å². The lowest BCUT2D eigenvalue weighted by Gasteiger charge is -2.26. The minimum atomic E-state index is -4.22. The third-order valence-electron chi connectivity index (χ3n) is 1.89. The summed E-state index contributed by atoms with van der Waals surface area (Å²) in [7, 11) is 0. The molecule has 0 aliphatic heterocycles. The Balaban J connectivity index is 4.43. The Bertz CT molecular complexity index is 265. The van der Waals surface area contributed by atoms with E-state index < -0.39 is 41.5 Å². The molecule has 0 bridgehead atoms. The van der Waals surface area contributed by atoms with Gasteiger partial charge in [0.2, 0.25) is 6.17 Å². The zero-order valence-electron chi connectivity index (χ0n) is 9.15. The van der Waals surface area contributed by atoms with E-state index in [0.717, 1.165) is 6.92 Å². The van der Waals surface area contributed by atoms with Crippen LogP contribution in [-0.2, 0) is 4.79 Å². The number of carbonyl (C=O) groups is 1. The molecule has 102 valence electrons. The SMILES string of the molecule is CC(=O)SCCC(F)(F)C(F)C(F)C(C)(F)F. The molecule has 0 spiro atoms. The molecule has 0 aromatic rings. The predicted molar refractivity (Wildman–Crippen MR) is 53.1 cm³/mol. The third kappa shape index (κ3) is 5.65. The summed E-state index contributed by atoms with van der Waals surface area (Å²) in [6, 6.07) is 0. The van der Waals surface area contributed by atoms with E-state index in [0.29, 0.717) is 11.8 Å². The van der Waals surface area contributed by atoms with E-state index in [1.165, 1.54) is 0 Å². The molecular formula is C9H12F6OS. The van der Waals surface area contributed by atoms with Gasteiger partial charge in [0.15, 0.2) is 11.3 Å². The van der Waals surface area contributed by atoms with Crippen molar-refractivity contribution in [3.8, 4) is 0 Å². The van der Waals surface area contributed by atoms with Gasteiger partial charge in [0.1, 0.15) is 0 Å². The van der Waals surface area contributed by atoms with Crippen molar-refractivity contribution in [2.24, 2.45) is 0 Å². The average molecular weight is 282 g/mol. The van der Waals surface area contributed by atoms with Crippen molar-refractivity contribution in [1.29, 1.82) is 0 Å². The molecule has 17 heavy (non-hydrogen) atoms. The van der Waals surface area contributed by atoms with Gasteiger partial charge in [-0.2, -0.15) is 0 Å². The maximum Gasteiger partial charge on any atom is 0.282 e. The van der Waals surface area contributed by atoms with Crippen molar-refractivity contribution in [3.05, 3.63) is 0 Å². The summed E-state index contributed by atoms with van der Waals surface area (Å²) in [4.78, 5) is 10.4. The number of alkyl halides is 6. The highest BCUT2D eigenvalue weighted by atomic mass is 32.2. The largest absolute Gasteiger partial charge is 0.288 e. The molecule has 0 heterocycles. The minimum Gasteiger partial charge on any atom is -0.288 e. The van der Waals surface area contributed by atoms with Gasteiger partial charge in [0.05, 0.1) is 0 Å². The van der Waals surface area contributed by atoms with Crippen LogP contribution < -0.4 is 0 Å². The van der Waals surface area contributed by atoms with Crippen molar-refractivity contribution < 1.29 is 31.1 Å². The molecule has 0 aliphatic rings. The molecule has 8 heteroatoms. The molecule has 0 fully saturated rings. The molecule has 0 rings (SSSR count). The van der Waals surface area contributed by atoms with Crippen molar-refractivity contribution in [3.63, 3.8) is 0 Å². The highest BCUT2D eigenvalue weighted by Gasteiger charge is 2.52. The van der Waals surface area contributed by atoms with E-state index in [1.807, 2.05) is 0 Å². The van der Waals surface area contributed by atoms with Crippen LogP contribution in [0.5, 0.6) is 0 Å². The fraction of sp³-hybridized carbons (Fsp3) is 0.889. The van der Waals surface area contributed by atoms with Gasteiger partial charge in [-0.1, -0.05) is 11.8 Å². The Morgan fingerprint density at radius 3 is 2.00 bits per heavy atom. The molecule has 0 aromatic heterocycles. The van der Waals surface area contributed by atoms with Gasteiger partial charge in [0.25, 0.3) is 11.8 Å².